The molecular formula is C52H40O2. The molecule has 0 saturated heterocycles. The van der Waals surface area contributed by atoms with E-state index in [9.17, 15) is 0 Å². The number of rotatable bonds is 8. The van der Waals surface area contributed by atoms with Crippen LogP contribution < -0.4 is 0 Å². The predicted octanol–water partition coefficient (Wildman–Crippen LogP) is 14.3. The number of benzene rings is 7. The average molecular weight is 697 g/mol. The molecule has 0 saturated carbocycles. The van der Waals surface area contributed by atoms with E-state index in [1.807, 2.05) is 37.3 Å². The third-order valence-corrected chi connectivity index (χ3v) is 11.0. The van der Waals surface area contributed by atoms with Gasteiger partial charge < -0.3 is 8.83 Å². The lowest BCUT2D eigenvalue weighted by Gasteiger charge is -2.37. The molecule has 0 spiro atoms. The smallest absolute Gasteiger partial charge is 0.135 e. The van der Waals surface area contributed by atoms with Crippen LogP contribution in [-0.4, -0.2) is 0 Å². The summed E-state index contributed by atoms with van der Waals surface area (Å²) in [5.41, 5.74) is 15.1. The molecule has 0 amide bonds. The van der Waals surface area contributed by atoms with Crippen molar-refractivity contribution >= 4 is 45.1 Å². The summed E-state index contributed by atoms with van der Waals surface area (Å²) in [7, 11) is 0. The Hall–Kier alpha value is -6.64. The summed E-state index contributed by atoms with van der Waals surface area (Å²) >= 11 is 0. The molecule has 7 aromatic carbocycles. The molecular weight excluding hydrogens is 657 g/mol. The zero-order valence-electron chi connectivity index (χ0n) is 30.8. The van der Waals surface area contributed by atoms with E-state index in [1.165, 1.54) is 50.1 Å². The standard InChI is InChI=1S/C52H40O2/c1-5-15-48-42(6-2)46-32-36(22-28-50(46)53-48)43-26-24-40(30-34(43)3)52(38-16-9-7-10-17-38,39-18-11-8-12-19-39)41-25-27-44(35(4)31-41)37-23-29-51-47(33-37)45-20-13-14-21-49(45)54-51/h5-33H,2H2,1,3-4H3/b15-5-. The molecule has 9 rings (SSSR count). The molecule has 0 radical (unpaired) electrons. The highest BCUT2D eigenvalue weighted by Crippen LogP contribution is 2.47. The summed E-state index contributed by atoms with van der Waals surface area (Å²) in [6.45, 7) is 10.6. The number of allylic oxidation sites excluding steroid dienone is 1. The van der Waals surface area contributed by atoms with E-state index in [0.717, 1.165) is 49.8 Å². The summed E-state index contributed by atoms with van der Waals surface area (Å²) in [6.07, 6.45) is 5.88. The van der Waals surface area contributed by atoms with Crippen LogP contribution in [0, 0.1) is 13.8 Å². The lowest BCUT2D eigenvalue weighted by molar-refractivity contribution is 0.603. The van der Waals surface area contributed by atoms with Crippen molar-refractivity contribution in [3.8, 4) is 22.3 Å². The Kier molecular flexibility index (Phi) is 8.24. The Balaban J connectivity index is 1.22. The van der Waals surface area contributed by atoms with Gasteiger partial charge in [-0.15, -0.1) is 0 Å². The fourth-order valence-electron chi connectivity index (χ4n) is 8.50. The number of fused-ring (bicyclic) bond motifs is 4. The van der Waals surface area contributed by atoms with Gasteiger partial charge in [0.1, 0.15) is 22.5 Å². The molecule has 0 aliphatic heterocycles. The normalized spacial score (nSPS) is 12.0. The summed E-state index contributed by atoms with van der Waals surface area (Å²) in [5, 5.41) is 3.34. The quantitative estimate of drug-likeness (QED) is 0.148. The van der Waals surface area contributed by atoms with Gasteiger partial charge in [0.15, 0.2) is 0 Å². The first-order valence-electron chi connectivity index (χ1n) is 18.6. The third kappa shape index (κ3) is 5.33. The fourth-order valence-corrected chi connectivity index (χ4v) is 8.50. The fraction of sp³-hybridized carbons (Fsp3) is 0.0769. The molecule has 0 atom stereocenters. The van der Waals surface area contributed by atoms with E-state index in [4.69, 9.17) is 8.83 Å². The van der Waals surface area contributed by atoms with E-state index in [1.54, 1.807) is 0 Å². The van der Waals surface area contributed by atoms with Gasteiger partial charge in [-0.2, -0.15) is 0 Å². The van der Waals surface area contributed by atoms with E-state index < -0.39 is 5.41 Å². The number of hydrogen-bond donors (Lipinski definition) is 0. The minimum atomic E-state index is -0.578. The Labute approximate surface area is 316 Å². The van der Waals surface area contributed by atoms with Crippen LogP contribution in [0.4, 0.5) is 0 Å². The second kappa shape index (κ2) is 13.4. The van der Waals surface area contributed by atoms with Crippen LogP contribution in [0.25, 0.3) is 67.3 Å². The van der Waals surface area contributed by atoms with Crippen molar-refractivity contribution in [3.63, 3.8) is 0 Å². The number of para-hydroxylation sites is 1. The van der Waals surface area contributed by atoms with Gasteiger partial charge in [-0.05, 0) is 113 Å². The zero-order valence-corrected chi connectivity index (χ0v) is 30.8. The van der Waals surface area contributed by atoms with Gasteiger partial charge in [-0.25, -0.2) is 0 Å². The maximum Gasteiger partial charge on any atom is 0.135 e. The number of hydrogen-bond acceptors (Lipinski definition) is 2. The van der Waals surface area contributed by atoms with Gasteiger partial charge in [-0.1, -0.05) is 146 Å². The molecule has 260 valence electrons. The van der Waals surface area contributed by atoms with Crippen molar-refractivity contribution in [3.05, 3.63) is 215 Å². The van der Waals surface area contributed by atoms with Crippen LogP contribution in [0.1, 0.15) is 51.6 Å². The summed E-state index contributed by atoms with van der Waals surface area (Å²) in [4.78, 5) is 0. The molecule has 0 unspecified atom stereocenters. The molecule has 2 aromatic heterocycles. The zero-order chi connectivity index (χ0) is 36.8. The highest BCUT2D eigenvalue weighted by atomic mass is 16.3. The summed E-state index contributed by atoms with van der Waals surface area (Å²) in [6, 6.07) is 57.2. The summed E-state index contributed by atoms with van der Waals surface area (Å²) < 4.78 is 12.3. The highest BCUT2D eigenvalue weighted by Gasteiger charge is 2.39. The van der Waals surface area contributed by atoms with Crippen LogP contribution >= 0.6 is 0 Å². The van der Waals surface area contributed by atoms with Gasteiger partial charge in [-0.3, -0.25) is 0 Å². The first-order valence-corrected chi connectivity index (χ1v) is 18.6. The largest absolute Gasteiger partial charge is 0.456 e. The molecule has 0 aliphatic carbocycles. The topological polar surface area (TPSA) is 26.3 Å². The molecule has 2 heteroatoms. The molecule has 0 bridgehead atoms. The first-order chi connectivity index (χ1) is 26.5. The predicted molar refractivity (Wildman–Crippen MR) is 227 cm³/mol. The van der Waals surface area contributed by atoms with Crippen LogP contribution in [0.2, 0.25) is 0 Å². The van der Waals surface area contributed by atoms with Crippen molar-refractivity contribution in [2.24, 2.45) is 0 Å². The van der Waals surface area contributed by atoms with Crippen molar-refractivity contribution in [2.75, 3.05) is 0 Å². The van der Waals surface area contributed by atoms with Gasteiger partial charge in [0, 0.05) is 21.7 Å². The van der Waals surface area contributed by atoms with Crippen molar-refractivity contribution in [1.82, 2.24) is 0 Å². The van der Waals surface area contributed by atoms with Crippen LogP contribution in [0.3, 0.4) is 0 Å². The Morgan fingerprint density at radius 2 is 1.00 bits per heavy atom. The molecule has 0 N–H and O–H groups in total. The van der Waals surface area contributed by atoms with E-state index in [-0.39, 0.29) is 0 Å². The van der Waals surface area contributed by atoms with Crippen molar-refractivity contribution in [2.45, 2.75) is 26.2 Å². The van der Waals surface area contributed by atoms with Gasteiger partial charge in [0.25, 0.3) is 0 Å². The van der Waals surface area contributed by atoms with Gasteiger partial charge >= 0.3 is 0 Å². The SMILES string of the molecule is C=Cc1c(/C=C\C)oc2ccc(-c3ccc(C(c4ccccc4)(c4ccccc4)c4ccc(-c5ccc6oc7ccccc7c6c5)c(C)c4)cc3C)cc12. The van der Waals surface area contributed by atoms with Crippen molar-refractivity contribution in [1.29, 1.82) is 0 Å². The van der Waals surface area contributed by atoms with Crippen LogP contribution in [0.15, 0.2) is 179 Å². The second-order valence-electron chi connectivity index (χ2n) is 14.1. The highest BCUT2D eigenvalue weighted by molar-refractivity contribution is 6.06. The molecule has 0 aliphatic rings. The Bertz CT molecular complexity index is 2830. The molecule has 2 heterocycles. The molecule has 2 nitrogen and oxygen atoms in total. The number of furan rings is 2. The van der Waals surface area contributed by atoms with E-state index >= 15 is 0 Å². The maximum absolute atomic E-state index is 6.18. The summed E-state index contributed by atoms with van der Waals surface area (Å²) in [5.74, 6) is 0.832. The van der Waals surface area contributed by atoms with Gasteiger partial charge in [0.05, 0.1) is 5.41 Å². The third-order valence-electron chi connectivity index (χ3n) is 11.0. The Morgan fingerprint density at radius 3 is 1.56 bits per heavy atom. The molecule has 54 heavy (non-hydrogen) atoms. The van der Waals surface area contributed by atoms with E-state index in [2.05, 4.69) is 166 Å². The van der Waals surface area contributed by atoms with Gasteiger partial charge in [0.2, 0.25) is 0 Å². The minimum Gasteiger partial charge on any atom is -0.456 e. The molecule has 9 aromatic rings. The lowest BCUT2D eigenvalue weighted by Crippen LogP contribution is -2.31. The Morgan fingerprint density at radius 1 is 0.481 bits per heavy atom. The second-order valence-corrected chi connectivity index (χ2v) is 14.1. The van der Waals surface area contributed by atoms with E-state index in [0.29, 0.717) is 0 Å². The van der Waals surface area contributed by atoms with Crippen molar-refractivity contribution < 1.29 is 8.83 Å². The van der Waals surface area contributed by atoms with Crippen LogP contribution in [0.5, 0.6) is 0 Å². The lowest BCUT2D eigenvalue weighted by atomic mass is 9.64. The minimum absolute atomic E-state index is 0.578. The first kappa shape index (κ1) is 33.2. The van der Waals surface area contributed by atoms with Crippen LogP contribution in [-0.2, 0) is 5.41 Å². The monoisotopic (exact) mass is 696 g/mol. The average Bonchev–Trinajstić information content (AvgIpc) is 3.76. The molecule has 0 fully saturated rings. The maximum atomic E-state index is 6.18. The number of aryl methyl sites for hydroxylation is 2.